The van der Waals surface area contributed by atoms with E-state index in [1.807, 2.05) is 118 Å². The smallest absolute Gasteiger partial charge is 0.407 e. The number of carbonyl (C=O) groups is 2. The molecule has 0 bridgehead atoms. The maximum Gasteiger partial charge on any atom is 0.407 e. The van der Waals surface area contributed by atoms with E-state index in [4.69, 9.17) is 13.9 Å². The van der Waals surface area contributed by atoms with Gasteiger partial charge in [-0.05, 0) is 98.1 Å². The highest BCUT2D eigenvalue weighted by atomic mass is 28.4. The van der Waals surface area contributed by atoms with Gasteiger partial charge in [-0.2, -0.15) is 0 Å². The van der Waals surface area contributed by atoms with Crippen LogP contribution in [0.4, 0.5) is 4.79 Å². The first-order chi connectivity index (χ1) is 24.0. The predicted molar refractivity (Wildman–Crippen MR) is 207 cm³/mol. The molecule has 0 fully saturated rings. The van der Waals surface area contributed by atoms with E-state index in [0.717, 1.165) is 33.6 Å². The number of aliphatic carboxylic acids is 1. The molecule has 0 saturated heterocycles. The van der Waals surface area contributed by atoms with Crippen LogP contribution in [0.3, 0.4) is 0 Å². The van der Waals surface area contributed by atoms with Gasteiger partial charge in [-0.25, -0.2) is 4.79 Å². The number of hydrogen-bond donors (Lipinski definition) is 2. The molecule has 0 radical (unpaired) electrons. The molecule has 0 aliphatic rings. The first-order valence-electron chi connectivity index (χ1n) is 17.8. The average Bonchev–Trinajstić information content (AvgIpc) is 3.06. The quantitative estimate of drug-likeness (QED) is 0.119. The average molecular weight is 710 g/mol. The molecule has 2 N–H and O–H groups in total. The van der Waals surface area contributed by atoms with Crippen LogP contribution in [-0.4, -0.2) is 43.2 Å². The SMILES string of the molecule is CC(C)(C)OC(=O)N[C@@H](Cc1ccc(OCc2ccccc2)cc1)[C@H](C[C@@H](Cc1ccc(-c2ccccc2)cc1)C(=O)O)O[Si](C)(C)C(C)(C)C. The Morgan fingerprint density at radius 1 is 0.706 bits per heavy atom. The number of amides is 1. The van der Waals surface area contributed by atoms with Crippen molar-refractivity contribution in [1.29, 1.82) is 0 Å². The summed E-state index contributed by atoms with van der Waals surface area (Å²) >= 11 is 0. The molecular formula is C43H55NO6Si. The molecule has 0 aromatic heterocycles. The molecule has 8 heteroatoms. The maximum absolute atomic E-state index is 13.3. The molecule has 0 aliphatic heterocycles. The molecule has 4 aromatic rings. The van der Waals surface area contributed by atoms with Crippen molar-refractivity contribution < 1.29 is 28.6 Å². The summed E-state index contributed by atoms with van der Waals surface area (Å²) in [5, 5.41) is 13.5. The summed E-state index contributed by atoms with van der Waals surface area (Å²) in [6.45, 7) is 16.7. The number of nitrogens with one attached hydrogen (secondary N) is 1. The normalized spacial score (nSPS) is 13.9. The monoisotopic (exact) mass is 709 g/mol. The minimum absolute atomic E-state index is 0.147. The van der Waals surface area contributed by atoms with Crippen molar-refractivity contribution in [2.45, 2.75) is 103 Å². The van der Waals surface area contributed by atoms with E-state index in [1.54, 1.807) is 0 Å². The third kappa shape index (κ3) is 12.4. The molecular weight excluding hydrogens is 655 g/mol. The maximum atomic E-state index is 13.3. The van der Waals surface area contributed by atoms with Crippen molar-refractivity contribution >= 4 is 20.4 Å². The highest BCUT2D eigenvalue weighted by molar-refractivity contribution is 6.74. The highest BCUT2D eigenvalue weighted by Gasteiger charge is 2.42. The topological polar surface area (TPSA) is 94.1 Å². The van der Waals surface area contributed by atoms with Gasteiger partial charge in [-0.15, -0.1) is 0 Å². The summed E-state index contributed by atoms with van der Waals surface area (Å²) in [6, 6.07) is 35.4. The molecule has 4 rings (SSSR count). The van der Waals surface area contributed by atoms with Crippen LogP contribution in [0.15, 0.2) is 109 Å². The summed E-state index contributed by atoms with van der Waals surface area (Å²) in [4.78, 5) is 26.3. The van der Waals surface area contributed by atoms with Gasteiger partial charge in [0.2, 0.25) is 0 Å². The van der Waals surface area contributed by atoms with E-state index in [1.165, 1.54) is 0 Å². The van der Waals surface area contributed by atoms with Crippen molar-refractivity contribution in [2.24, 2.45) is 5.92 Å². The van der Waals surface area contributed by atoms with Crippen molar-refractivity contribution in [3.63, 3.8) is 0 Å². The molecule has 1 amide bonds. The van der Waals surface area contributed by atoms with Crippen molar-refractivity contribution in [1.82, 2.24) is 5.32 Å². The number of rotatable bonds is 15. The lowest BCUT2D eigenvalue weighted by Crippen LogP contribution is -2.54. The van der Waals surface area contributed by atoms with E-state index >= 15 is 0 Å². The van der Waals surface area contributed by atoms with E-state index in [-0.39, 0.29) is 11.5 Å². The minimum atomic E-state index is -2.44. The van der Waals surface area contributed by atoms with Gasteiger partial charge in [0, 0.05) is 0 Å². The lowest BCUT2D eigenvalue weighted by molar-refractivity contribution is -0.142. The third-order valence-electron chi connectivity index (χ3n) is 9.44. The number of ether oxygens (including phenoxy) is 2. The Morgan fingerprint density at radius 3 is 1.78 bits per heavy atom. The van der Waals surface area contributed by atoms with Crippen LogP contribution in [0.25, 0.3) is 11.1 Å². The molecule has 0 saturated carbocycles. The van der Waals surface area contributed by atoms with Crippen LogP contribution < -0.4 is 10.1 Å². The van der Waals surface area contributed by atoms with Gasteiger partial charge in [0.15, 0.2) is 8.32 Å². The van der Waals surface area contributed by atoms with Crippen LogP contribution in [0, 0.1) is 5.92 Å². The van der Waals surface area contributed by atoms with Crippen LogP contribution in [0.1, 0.15) is 64.7 Å². The van der Waals surface area contributed by atoms with Crippen LogP contribution >= 0.6 is 0 Å². The summed E-state index contributed by atoms with van der Waals surface area (Å²) in [7, 11) is -2.44. The molecule has 51 heavy (non-hydrogen) atoms. The second-order valence-corrected chi connectivity index (χ2v) is 20.6. The van der Waals surface area contributed by atoms with E-state index < -0.39 is 44.0 Å². The minimum Gasteiger partial charge on any atom is -0.489 e. The highest BCUT2D eigenvalue weighted by Crippen LogP contribution is 2.39. The van der Waals surface area contributed by atoms with Gasteiger partial charge in [0.25, 0.3) is 0 Å². The lowest BCUT2D eigenvalue weighted by atomic mass is 9.89. The van der Waals surface area contributed by atoms with Gasteiger partial charge in [-0.3, -0.25) is 4.79 Å². The molecule has 0 spiro atoms. The summed E-state index contributed by atoms with van der Waals surface area (Å²) in [5.41, 5.74) is 4.43. The Morgan fingerprint density at radius 2 is 1.24 bits per heavy atom. The van der Waals surface area contributed by atoms with E-state index in [9.17, 15) is 14.7 Å². The van der Waals surface area contributed by atoms with Crippen molar-refractivity contribution in [2.75, 3.05) is 0 Å². The summed E-state index contributed by atoms with van der Waals surface area (Å²) in [5.74, 6) is -0.918. The van der Waals surface area contributed by atoms with Crippen molar-refractivity contribution in [3.05, 3.63) is 126 Å². The van der Waals surface area contributed by atoms with Crippen LogP contribution in [0.5, 0.6) is 5.75 Å². The first-order valence-corrected chi connectivity index (χ1v) is 20.7. The Kier molecular flexibility index (Phi) is 13.3. The number of alkyl carbamates (subject to hydrolysis) is 1. The van der Waals surface area contributed by atoms with Gasteiger partial charge in [-0.1, -0.05) is 118 Å². The summed E-state index contributed by atoms with van der Waals surface area (Å²) in [6.07, 6.45) is -0.218. The van der Waals surface area contributed by atoms with E-state index in [2.05, 4.69) is 51.3 Å². The zero-order valence-electron chi connectivity index (χ0n) is 31.4. The second kappa shape index (κ2) is 17.2. The van der Waals surface area contributed by atoms with Gasteiger partial charge < -0.3 is 24.3 Å². The fourth-order valence-corrected chi connectivity index (χ4v) is 6.97. The predicted octanol–water partition coefficient (Wildman–Crippen LogP) is 10.1. The van der Waals surface area contributed by atoms with Crippen LogP contribution in [-0.2, 0) is 33.4 Å². The Bertz CT molecular complexity index is 1680. The lowest BCUT2D eigenvalue weighted by Gasteiger charge is -2.42. The molecule has 4 aromatic carbocycles. The second-order valence-electron chi connectivity index (χ2n) is 15.8. The number of carboxylic acids is 1. The molecule has 272 valence electrons. The third-order valence-corrected chi connectivity index (χ3v) is 13.9. The van der Waals surface area contributed by atoms with Gasteiger partial charge in [0.05, 0.1) is 18.1 Å². The van der Waals surface area contributed by atoms with Crippen molar-refractivity contribution in [3.8, 4) is 16.9 Å². The number of carbonyl (C=O) groups excluding carboxylic acids is 1. The summed E-state index contributed by atoms with van der Waals surface area (Å²) < 4.78 is 18.8. The molecule has 0 heterocycles. The Labute approximate surface area is 305 Å². The zero-order chi connectivity index (χ0) is 37.2. The molecule has 3 atom stereocenters. The number of hydrogen-bond acceptors (Lipinski definition) is 5. The molecule has 0 aliphatic carbocycles. The van der Waals surface area contributed by atoms with Crippen LogP contribution in [0.2, 0.25) is 18.1 Å². The standard InChI is InChI=1S/C43H55NO6Si/c1-42(2,3)49-41(47)44-38(28-32-21-25-37(26-22-32)48-30-33-15-11-9-12-16-33)39(50-51(7,8)43(4,5)6)29-36(40(45)46)27-31-19-23-35(24-20-31)34-17-13-10-14-18-34/h9-26,36,38-39H,27-30H2,1-8H3,(H,44,47)(H,45,46)/t36-,38+,39+/m1/s1. The van der Waals surface area contributed by atoms with Gasteiger partial charge >= 0.3 is 12.1 Å². The van der Waals surface area contributed by atoms with Gasteiger partial charge in [0.1, 0.15) is 18.0 Å². The Hall–Kier alpha value is -4.40. The first kappa shape index (κ1) is 39.4. The molecule has 7 nitrogen and oxygen atoms in total. The Balaban J connectivity index is 1.62. The largest absolute Gasteiger partial charge is 0.489 e. The zero-order valence-corrected chi connectivity index (χ0v) is 32.4. The number of carboxylic acid groups (broad SMARTS) is 1. The number of benzene rings is 4. The van der Waals surface area contributed by atoms with E-state index in [0.29, 0.717) is 19.4 Å². The fraction of sp³-hybridized carbons (Fsp3) is 0.395. The fourth-order valence-electron chi connectivity index (χ4n) is 5.60. The molecule has 0 unspecified atom stereocenters.